The fourth-order valence-electron chi connectivity index (χ4n) is 2.76. The molecule has 0 amide bonds. The average Bonchev–Trinajstić information content (AvgIpc) is 2.20. The van der Waals surface area contributed by atoms with Gasteiger partial charge in [-0.15, -0.1) is 0 Å². The molecule has 1 aromatic rings. The number of rotatable bonds is 0. The third-order valence-corrected chi connectivity index (χ3v) is 3.79. The van der Waals surface area contributed by atoms with Gasteiger partial charge in [0.25, 0.3) is 0 Å². The number of fused-ring (bicyclic) bond motifs is 1. The van der Waals surface area contributed by atoms with Crippen molar-refractivity contribution in [3.63, 3.8) is 0 Å². The van der Waals surface area contributed by atoms with Crippen LogP contribution in [-0.2, 0) is 0 Å². The van der Waals surface area contributed by atoms with Crippen LogP contribution >= 0.6 is 0 Å². The highest BCUT2D eigenvalue weighted by Crippen LogP contribution is 2.42. The molecule has 1 heterocycles. The van der Waals surface area contributed by atoms with Crippen molar-refractivity contribution in [3.05, 3.63) is 28.8 Å². The van der Waals surface area contributed by atoms with E-state index < -0.39 is 0 Å². The fourth-order valence-corrected chi connectivity index (χ4v) is 2.76. The predicted octanol–water partition coefficient (Wildman–Crippen LogP) is 2.97. The maximum Gasteiger partial charge on any atom is 0.0830 e. The number of aliphatic hydroxyl groups is 1. The summed E-state index contributed by atoms with van der Waals surface area (Å²) in [6.07, 6.45) is -0.347. The van der Waals surface area contributed by atoms with E-state index in [0.717, 1.165) is 0 Å². The van der Waals surface area contributed by atoms with Crippen molar-refractivity contribution in [2.75, 3.05) is 5.32 Å². The Balaban J connectivity index is 2.63. The number of benzene rings is 1. The van der Waals surface area contributed by atoms with Crippen LogP contribution in [0, 0.1) is 13.8 Å². The van der Waals surface area contributed by atoms with E-state index in [1.54, 1.807) is 0 Å². The first-order chi connectivity index (χ1) is 7.34. The molecule has 1 aromatic carbocycles. The largest absolute Gasteiger partial charge is 0.390 e. The zero-order valence-corrected chi connectivity index (χ0v) is 10.8. The first kappa shape index (κ1) is 11.5. The van der Waals surface area contributed by atoms with Crippen LogP contribution in [0.4, 0.5) is 5.69 Å². The molecule has 0 radical (unpaired) electrons. The van der Waals surface area contributed by atoms with E-state index >= 15 is 0 Å². The van der Waals surface area contributed by atoms with Gasteiger partial charge in [0.15, 0.2) is 0 Å². The third-order valence-electron chi connectivity index (χ3n) is 3.79. The first-order valence-electron chi connectivity index (χ1n) is 5.91. The Kier molecular flexibility index (Phi) is 2.50. The highest BCUT2D eigenvalue weighted by Gasteiger charge is 2.39. The van der Waals surface area contributed by atoms with Gasteiger partial charge in [-0.25, -0.2) is 0 Å². The summed E-state index contributed by atoms with van der Waals surface area (Å²) >= 11 is 0. The minimum atomic E-state index is -0.347. The Hall–Kier alpha value is -1.02. The molecule has 0 saturated heterocycles. The van der Waals surface area contributed by atoms with E-state index in [2.05, 4.69) is 52.1 Å². The fraction of sp³-hybridized carbons (Fsp3) is 0.571. The van der Waals surface area contributed by atoms with Crippen LogP contribution in [0.1, 0.15) is 43.4 Å². The minimum absolute atomic E-state index is 0.186. The molecule has 0 spiro atoms. The maximum absolute atomic E-state index is 10.3. The van der Waals surface area contributed by atoms with Crippen molar-refractivity contribution in [2.45, 2.75) is 52.2 Å². The maximum atomic E-state index is 10.3. The molecule has 2 N–H and O–H groups in total. The molecule has 2 atom stereocenters. The van der Waals surface area contributed by atoms with Gasteiger partial charge in [0.1, 0.15) is 0 Å². The van der Waals surface area contributed by atoms with Crippen LogP contribution in [0.25, 0.3) is 0 Å². The van der Waals surface area contributed by atoms with E-state index in [1.165, 1.54) is 22.4 Å². The molecule has 2 rings (SSSR count). The second-order valence-electron chi connectivity index (χ2n) is 5.57. The van der Waals surface area contributed by atoms with E-state index in [0.29, 0.717) is 0 Å². The van der Waals surface area contributed by atoms with Crippen molar-refractivity contribution in [1.29, 1.82) is 0 Å². The van der Waals surface area contributed by atoms with Crippen LogP contribution in [0.15, 0.2) is 12.1 Å². The van der Waals surface area contributed by atoms with Crippen molar-refractivity contribution in [1.82, 2.24) is 0 Å². The molecule has 1 aliphatic rings. The zero-order valence-electron chi connectivity index (χ0n) is 10.8. The summed E-state index contributed by atoms with van der Waals surface area (Å²) in [5.41, 5.74) is 4.74. The van der Waals surface area contributed by atoms with Gasteiger partial charge >= 0.3 is 0 Å². The van der Waals surface area contributed by atoms with E-state index in [1.807, 2.05) is 0 Å². The molecule has 0 fully saturated rings. The van der Waals surface area contributed by atoms with Crippen molar-refractivity contribution < 1.29 is 5.11 Å². The molecule has 0 bridgehead atoms. The zero-order chi connectivity index (χ0) is 12.1. The first-order valence-corrected chi connectivity index (χ1v) is 5.91. The van der Waals surface area contributed by atoms with Crippen molar-refractivity contribution in [3.8, 4) is 0 Å². The van der Waals surface area contributed by atoms with Crippen molar-refractivity contribution >= 4 is 5.69 Å². The molecular weight excluding hydrogens is 198 g/mol. The Morgan fingerprint density at radius 2 is 1.75 bits per heavy atom. The Labute approximate surface area is 97.7 Å². The normalized spacial score (nSPS) is 27.1. The lowest BCUT2D eigenvalue weighted by atomic mass is 9.77. The summed E-state index contributed by atoms with van der Waals surface area (Å²) < 4.78 is 0. The van der Waals surface area contributed by atoms with E-state index in [9.17, 15) is 5.11 Å². The molecule has 1 aliphatic heterocycles. The van der Waals surface area contributed by atoms with Crippen LogP contribution in [0.2, 0.25) is 0 Å². The SMILES string of the molecule is Cc1ccc(C)c2c1NC(C)(C)C(O)C2C. The van der Waals surface area contributed by atoms with Crippen molar-refractivity contribution in [2.24, 2.45) is 0 Å². The van der Waals surface area contributed by atoms with Gasteiger partial charge in [-0.1, -0.05) is 19.1 Å². The predicted molar refractivity (Wildman–Crippen MR) is 68.0 cm³/mol. The lowest BCUT2D eigenvalue weighted by Gasteiger charge is -2.43. The van der Waals surface area contributed by atoms with E-state index in [4.69, 9.17) is 0 Å². The third kappa shape index (κ3) is 1.52. The molecule has 16 heavy (non-hydrogen) atoms. The van der Waals surface area contributed by atoms with Crippen LogP contribution < -0.4 is 5.32 Å². The van der Waals surface area contributed by atoms with Crippen LogP contribution in [-0.4, -0.2) is 16.7 Å². The summed E-state index contributed by atoms with van der Waals surface area (Å²) in [5.74, 6) is 0.186. The quantitative estimate of drug-likeness (QED) is 0.703. The number of aliphatic hydroxyl groups excluding tert-OH is 1. The molecule has 2 nitrogen and oxygen atoms in total. The van der Waals surface area contributed by atoms with Gasteiger partial charge in [0, 0.05) is 11.6 Å². The molecule has 0 aromatic heterocycles. The number of nitrogens with one attached hydrogen (secondary N) is 1. The Morgan fingerprint density at radius 1 is 1.19 bits per heavy atom. The van der Waals surface area contributed by atoms with Gasteiger partial charge in [-0.3, -0.25) is 0 Å². The highest BCUT2D eigenvalue weighted by atomic mass is 16.3. The standard InChI is InChI=1S/C14H21NO/c1-8-6-7-9(2)12-11(8)10(3)13(16)14(4,5)15-12/h6-7,10,13,15-16H,1-5H3. The summed E-state index contributed by atoms with van der Waals surface area (Å²) in [7, 11) is 0. The van der Waals surface area contributed by atoms with Gasteiger partial charge in [-0.05, 0) is 44.4 Å². The smallest absolute Gasteiger partial charge is 0.0830 e. The lowest BCUT2D eigenvalue weighted by Crippen LogP contribution is -2.50. The van der Waals surface area contributed by atoms with Gasteiger partial charge < -0.3 is 10.4 Å². The number of anilines is 1. The summed E-state index contributed by atoms with van der Waals surface area (Å²) in [6.45, 7) is 10.4. The Bertz CT molecular complexity index is 423. The number of aryl methyl sites for hydroxylation is 2. The van der Waals surface area contributed by atoms with Crippen LogP contribution in [0.3, 0.4) is 0 Å². The number of hydrogen-bond acceptors (Lipinski definition) is 2. The average molecular weight is 219 g/mol. The molecule has 2 unspecified atom stereocenters. The number of hydrogen-bond donors (Lipinski definition) is 2. The highest BCUT2D eigenvalue weighted by molar-refractivity contribution is 5.65. The van der Waals surface area contributed by atoms with Crippen LogP contribution in [0.5, 0.6) is 0 Å². The topological polar surface area (TPSA) is 32.3 Å². The van der Waals surface area contributed by atoms with E-state index in [-0.39, 0.29) is 17.6 Å². The summed E-state index contributed by atoms with van der Waals surface area (Å²) in [4.78, 5) is 0. The summed E-state index contributed by atoms with van der Waals surface area (Å²) in [6, 6.07) is 4.28. The molecule has 0 saturated carbocycles. The van der Waals surface area contributed by atoms with Gasteiger partial charge in [-0.2, -0.15) is 0 Å². The lowest BCUT2D eigenvalue weighted by molar-refractivity contribution is 0.0866. The Morgan fingerprint density at radius 3 is 2.38 bits per heavy atom. The molecular formula is C14H21NO. The monoisotopic (exact) mass is 219 g/mol. The molecule has 0 aliphatic carbocycles. The molecule has 2 heteroatoms. The van der Waals surface area contributed by atoms with Gasteiger partial charge in [0.05, 0.1) is 11.6 Å². The molecule has 88 valence electrons. The minimum Gasteiger partial charge on any atom is -0.390 e. The second-order valence-corrected chi connectivity index (χ2v) is 5.57. The second kappa shape index (κ2) is 3.49. The summed E-state index contributed by atoms with van der Waals surface area (Å²) in [5, 5.41) is 13.8. The van der Waals surface area contributed by atoms with Gasteiger partial charge in [0.2, 0.25) is 0 Å².